The fraction of sp³-hybridized carbons (Fsp3) is 0.263. The van der Waals surface area contributed by atoms with Crippen LogP contribution in [0.4, 0.5) is 5.69 Å². The van der Waals surface area contributed by atoms with Crippen LogP contribution in [0.2, 0.25) is 5.02 Å². The van der Waals surface area contributed by atoms with E-state index in [1.165, 1.54) is 0 Å². The van der Waals surface area contributed by atoms with E-state index in [1.807, 2.05) is 54.6 Å². The lowest BCUT2D eigenvalue weighted by Gasteiger charge is -2.38. The molecule has 2 aromatic rings. The van der Waals surface area contributed by atoms with Crippen molar-refractivity contribution in [2.75, 3.05) is 18.4 Å². The van der Waals surface area contributed by atoms with E-state index >= 15 is 0 Å². The number of nitrogens with one attached hydrogen (secondary N) is 1. The van der Waals surface area contributed by atoms with E-state index in [2.05, 4.69) is 16.3 Å². The van der Waals surface area contributed by atoms with Gasteiger partial charge in [0.05, 0.1) is 11.5 Å². The van der Waals surface area contributed by atoms with Gasteiger partial charge in [0.1, 0.15) is 0 Å². The van der Waals surface area contributed by atoms with Crippen LogP contribution < -0.4 is 5.32 Å². The maximum Gasteiger partial charge on any atom is 0.173 e. The first-order valence-electron chi connectivity index (χ1n) is 7.91. The van der Waals surface area contributed by atoms with Crippen LogP contribution in [0.25, 0.3) is 0 Å². The van der Waals surface area contributed by atoms with Crippen LogP contribution in [-0.4, -0.2) is 23.1 Å². The lowest BCUT2D eigenvalue weighted by molar-refractivity contribution is 0.272. The monoisotopic (exact) mass is 355 g/mol. The Kier molecular flexibility index (Phi) is 5.03. The normalized spacial score (nSPS) is 16.2. The summed E-state index contributed by atoms with van der Waals surface area (Å²) >= 11 is 11.4. The SMILES string of the molecule is N#CC1(c2ccccc2)CCN(C(=S)Nc2ccc(Cl)cc2)CC1. The summed E-state index contributed by atoms with van der Waals surface area (Å²) in [7, 11) is 0. The van der Waals surface area contributed by atoms with E-state index in [4.69, 9.17) is 23.8 Å². The number of rotatable bonds is 2. The molecule has 0 saturated carbocycles. The van der Waals surface area contributed by atoms with Gasteiger partial charge in [-0.15, -0.1) is 0 Å². The van der Waals surface area contributed by atoms with Crippen molar-refractivity contribution < 1.29 is 0 Å². The van der Waals surface area contributed by atoms with Crippen LogP contribution in [0.15, 0.2) is 54.6 Å². The van der Waals surface area contributed by atoms with E-state index in [0.717, 1.165) is 37.2 Å². The fourth-order valence-electron chi connectivity index (χ4n) is 3.05. The van der Waals surface area contributed by atoms with Crippen LogP contribution in [0, 0.1) is 11.3 Å². The lowest BCUT2D eigenvalue weighted by atomic mass is 9.74. The molecule has 0 bridgehead atoms. The summed E-state index contributed by atoms with van der Waals surface area (Å²) < 4.78 is 0. The molecule has 0 radical (unpaired) electrons. The first-order valence-corrected chi connectivity index (χ1v) is 8.70. The molecule has 1 heterocycles. The Balaban J connectivity index is 1.65. The first-order chi connectivity index (χ1) is 11.6. The fourth-order valence-corrected chi connectivity index (χ4v) is 3.48. The Labute approximate surface area is 152 Å². The molecule has 2 aromatic carbocycles. The molecule has 1 saturated heterocycles. The van der Waals surface area contributed by atoms with Crippen molar-refractivity contribution in [3.8, 4) is 6.07 Å². The van der Waals surface area contributed by atoms with Gasteiger partial charge in [0.25, 0.3) is 0 Å². The minimum absolute atomic E-state index is 0.409. The van der Waals surface area contributed by atoms with Crippen molar-refractivity contribution >= 4 is 34.6 Å². The molecule has 0 unspecified atom stereocenters. The number of thiocarbonyl (C=S) groups is 1. The van der Waals surface area contributed by atoms with Gasteiger partial charge in [-0.1, -0.05) is 41.9 Å². The Morgan fingerprint density at radius 1 is 1.08 bits per heavy atom. The molecule has 5 heteroatoms. The molecule has 0 spiro atoms. The molecule has 122 valence electrons. The van der Waals surface area contributed by atoms with Gasteiger partial charge in [-0.25, -0.2) is 0 Å². The molecule has 0 amide bonds. The van der Waals surface area contributed by atoms with E-state index < -0.39 is 5.41 Å². The van der Waals surface area contributed by atoms with Gasteiger partial charge in [0.15, 0.2) is 5.11 Å². The number of halogens is 1. The summed E-state index contributed by atoms with van der Waals surface area (Å²) in [5.41, 5.74) is 1.61. The third kappa shape index (κ3) is 3.53. The maximum absolute atomic E-state index is 9.75. The van der Waals surface area contributed by atoms with Crippen molar-refractivity contribution in [1.82, 2.24) is 4.90 Å². The highest BCUT2D eigenvalue weighted by atomic mass is 35.5. The Hall–Kier alpha value is -2.09. The molecule has 1 aliphatic heterocycles. The number of nitriles is 1. The van der Waals surface area contributed by atoms with Gasteiger partial charge >= 0.3 is 0 Å². The van der Waals surface area contributed by atoms with E-state index in [1.54, 1.807) is 0 Å². The van der Waals surface area contributed by atoms with Crippen LogP contribution >= 0.6 is 23.8 Å². The van der Waals surface area contributed by atoms with Gasteiger partial charge in [-0.05, 0) is 54.9 Å². The zero-order valence-electron chi connectivity index (χ0n) is 13.2. The van der Waals surface area contributed by atoms with E-state index in [0.29, 0.717) is 10.1 Å². The molecule has 24 heavy (non-hydrogen) atoms. The van der Waals surface area contributed by atoms with Crippen LogP contribution in [0.3, 0.4) is 0 Å². The summed E-state index contributed by atoms with van der Waals surface area (Å²) in [6.45, 7) is 1.53. The Morgan fingerprint density at radius 3 is 2.29 bits per heavy atom. The molecule has 1 fully saturated rings. The van der Waals surface area contributed by atoms with Crippen molar-refractivity contribution in [2.24, 2.45) is 0 Å². The summed E-state index contributed by atoms with van der Waals surface area (Å²) in [5.74, 6) is 0. The summed E-state index contributed by atoms with van der Waals surface area (Å²) in [6, 6.07) is 20.1. The third-order valence-electron chi connectivity index (χ3n) is 4.54. The average Bonchev–Trinajstić information content (AvgIpc) is 2.64. The van der Waals surface area contributed by atoms with Crippen molar-refractivity contribution in [2.45, 2.75) is 18.3 Å². The third-order valence-corrected chi connectivity index (χ3v) is 5.15. The highest BCUT2D eigenvalue weighted by Crippen LogP contribution is 2.35. The van der Waals surface area contributed by atoms with Crippen LogP contribution in [0.5, 0.6) is 0 Å². The molecule has 3 nitrogen and oxygen atoms in total. The van der Waals surface area contributed by atoms with Gasteiger partial charge in [0.2, 0.25) is 0 Å². The maximum atomic E-state index is 9.75. The molecule has 3 rings (SSSR count). The Morgan fingerprint density at radius 2 is 1.71 bits per heavy atom. The van der Waals surface area contributed by atoms with E-state index in [9.17, 15) is 5.26 Å². The van der Waals surface area contributed by atoms with Gasteiger partial charge < -0.3 is 10.2 Å². The Bertz CT molecular complexity index is 744. The molecular weight excluding hydrogens is 338 g/mol. The summed E-state index contributed by atoms with van der Waals surface area (Å²) in [5, 5.41) is 14.4. The van der Waals surface area contributed by atoms with Crippen molar-refractivity contribution in [3.05, 3.63) is 65.2 Å². The van der Waals surface area contributed by atoms with Crippen molar-refractivity contribution in [3.63, 3.8) is 0 Å². The highest BCUT2D eigenvalue weighted by Gasteiger charge is 2.36. The second kappa shape index (κ2) is 7.21. The minimum atomic E-state index is -0.409. The van der Waals surface area contributed by atoms with Crippen molar-refractivity contribution in [1.29, 1.82) is 5.26 Å². The van der Waals surface area contributed by atoms with Crippen LogP contribution in [0.1, 0.15) is 18.4 Å². The van der Waals surface area contributed by atoms with Gasteiger partial charge in [0, 0.05) is 23.8 Å². The van der Waals surface area contributed by atoms with Gasteiger partial charge in [-0.3, -0.25) is 0 Å². The summed E-state index contributed by atoms with van der Waals surface area (Å²) in [4.78, 5) is 2.13. The predicted octanol–water partition coefficient (Wildman–Crippen LogP) is 4.59. The van der Waals surface area contributed by atoms with Gasteiger partial charge in [-0.2, -0.15) is 5.26 Å². The molecular formula is C19H18ClN3S. The smallest absolute Gasteiger partial charge is 0.173 e. The molecule has 1 N–H and O–H groups in total. The number of nitrogens with zero attached hydrogens (tertiary/aromatic N) is 2. The molecule has 1 aliphatic rings. The number of piperidine rings is 1. The lowest BCUT2D eigenvalue weighted by Crippen LogP contribution is -2.46. The number of hydrogen-bond donors (Lipinski definition) is 1. The number of hydrogen-bond acceptors (Lipinski definition) is 2. The minimum Gasteiger partial charge on any atom is -0.349 e. The highest BCUT2D eigenvalue weighted by molar-refractivity contribution is 7.80. The molecule has 0 aromatic heterocycles. The second-order valence-electron chi connectivity index (χ2n) is 5.98. The molecule has 0 aliphatic carbocycles. The number of likely N-dealkylation sites (tertiary alicyclic amines) is 1. The molecule has 0 atom stereocenters. The largest absolute Gasteiger partial charge is 0.349 e. The second-order valence-corrected chi connectivity index (χ2v) is 6.81. The van der Waals surface area contributed by atoms with Crippen LogP contribution in [-0.2, 0) is 5.41 Å². The first kappa shape index (κ1) is 16.8. The summed E-state index contributed by atoms with van der Waals surface area (Å²) in [6.07, 6.45) is 1.55. The standard InChI is InChI=1S/C19H18ClN3S/c20-16-6-8-17(9-7-16)22-18(24)23-12-10-19(14-21,11-13-23)15-4-2-1-3-5-15/h1-9H,10-13H2,(H,22,24). The topological polar surface area (TPSA) is 39.1 Å². The average molecular weight is 356 g/mol. The van der Waals surface area contributed by atoms with E-state index in [-0.39, 0.29) is 0 Å². The number of anilines is 1. The number of benzene rings is 2. The zero-order chi connectivity index (χ0) is 17.0. The zero-order valence-corrected chi connectivity index (χ0v) is 14.8. The quantitative estimate of drug-likeness (QED) is 0.799. The predicted molar refractivity (Wildman–Crippen MR) is 102 cm³/mol.